The molecule has 0 atom stereocenters. The quantitative estimate of drug-likeness (QED) is 0.914. The summed E-state index contributed by atoms with van der Waals surface area (Å²) in [5.74, 6) is 1.04. The second kappa shape index (κ2) is 5.65. The smallest absolute Gasteiger partial charge is 0.335 e. The van der Waals surface area contributed by atoms with E-state index < -0.39 is 5.97 Å². The zero-order valence-electron chi connectivity index (χ0n) is 10.8. The lowest BCUT2D eigenvalue weighted by Crippen LogP contribution is -1.99. The number of halogens is 1. The number of fused-ring (bicyclic) bond motifs is 1. The molecule has 0 spiro atoms. The highest BCUT2D eigenvalue weighted by molar-refractivity contribution is 9.10. The van der Waals surface area contributed by atoms with Crippen molar-refractivity contribution in [2.24, 2.45) is 0 Å². The van der Waals surface area contributed by atoms with Crippen LogP contribution in [0.3, 0.4) is 0 Å². The first-order valence-corrected chi connectivity index (χ1v) is 6.97. The molecule has 0 saturated heterocycles. The predicted molar refractivity (Wildman–Crippen MR) is 78.0 cm³/mol. The monoisotopic (exact) mass is 350 g/mol. The van der Waals surface area contributed by atoms with Crippen LogP contribution in [-0.2, 0) is 6.61 Å². The molecule has 0 aliphatic carbocycles. The van der Waals surface area contributed by atoms with Crippen LogP contribution in [0.25, 0.3) is 0 Å². The minimum absolute atomic E-state index is 0.206. The third-order valence-corrected chi connectivity index (χ3v) is 3.63. The molecule has 3 rings (SSSR count). The van der Waals surface area contributed by atoms with Crippen molar-refractivity contribution in [2.75, 3.05) is 6.79 Å². The lowest BCUT2D eigenvalue weighted by atomic mass is 10.2. The molecule has 6 heteroatoms. The lowest BCUT2D eigenvalue weighted by Gasteiger charge is -2.09. The number of hydrogen-bond donors (Lipinski definition) is 1. The van der Waals surface area contributed by atoms with E-state index in [1.165, 1.54) is 12.1 Å². The first-order chi connectivity index (χ1) is 10.1. The molecule has 1 aliphatic rings. The summed E-state index contributed by atoms with van der Waals surface area (Å²) >= 11 is 3.31. The molecule has 21 heavy (non-hydrogen) atoms. The van der Waals surface area contributed by atoms with E-state index in [4.69, 9.17) is 19.3 Å². The molecule has 1 heterocycles. The molecular formula is C15H11BrO5. The molecule has 0 aromatic heterocycles. The number of aromatic carboxylic acids is 1. The van der Waals surface area contributed by atoms with Crippen molar-refractivity contribution in [3.8, 4) is 17.2 Å². The molecule has 108 valence electrons. The van der Waals surface area contributed by atoms with Gasteiger partial charge >= 0.3 is 5.97 Å². The molecule has 0 fully saturated rings. The van der Waals surface area contributed by atoms with E-state index in [1.807, 2.05) is 18.2 Å². The molecule has 1 N–H and O–H groups in total. The average Bonchev–Trinajstić information content (AvgIpc) is 2.93. The minimum Gasteiger partial charge on any atom is -0.488 e. The van der Waals surface area contributed by atoms with E-state index in [0.29, 0.717) is 22.6 Å². The third-order valence-electron chi connectivity index (χ3n) is 3.01. The molecule has 0 bridgehead atoms. The second-order valence-corrected chi connectivity index (χ2v) is 5.28. The summed E-state index contributed by atoms with van der Waals surface area (Å²) in [7, 11) is 0. The minimum atomic E-state index is -0.974. The Morgan fingerprint density at radius 3 is 2.76 bits per heavy atom. The number of rotatable bonds is 4. The first-order valence-electron chi connectivity index (χ1n) is 6.17. The lowest BCUT2D eigenvalue weighted by molar-refractivity contribution is 0.0696. The van der Waals surface area contributed by atoms with Crippen LogP contribution in [0.5, 0.6) is 17.2 Å². The van der Waals surface area contributed by atoms with Gasteiger partial charge in [0.05, 0.1) is 10.0 Å². The van der Waals surface area contributed by atoms with Crippen LogP contribution in [0.15, 0.2) is 40.9 Å². The van der Waals surface area contributed by atoms with Gasteiger partial charge in [0, 0.05) is 0 Å². The number of carboxylic acid groups (broad SMARTS) is 1. The van der Waals surface area contributed by atoms with Crippen LogP contribution in [-0.4, -0.2) is 17.9 Å². The largest absolute Gasteiger partial charge is 0.488 e. The van der Waals surface area contributed by atoms with Crippen molar-refractivity contribution in [1.29, 1.82) is 0 Å². The SMILES string of the molecule is O=C(O)c1ccc(OCc2ccc3c(c2)OCO3)c(Br)c1. The maximum Gasteiger partial charge on any atom is 0.335 e. The van der Waals surface area contributed by atoms with E-state index in [1.54, 1.807) is 6.07 Å². The highest BCUT2D eigenvalue weighted by Crippen LogP contribution is 2.33. The highest BCUT2D eigenvalue weighted by atomic mass is 79.9. The Morgan fingerprint density at radius 2 is 2.00 bits per heavy atom. The van der Waals surface area contributed by atoms with Gasteiger partial charge < -0.3 is 19.3 Å². The predicted octanol–water partition coefficient (Wildman–Crippen LogP) is 3.46. The Labute approximate surface area is 129 Å². The number of carboxylic acids is 1. The summed E-state index contributed by atoms with van der Waals surface area (Å²) in [6.07, 6.45) is 0. The van der Waals surface area contributed by atoms with Gasteiger partial charge in [-0.2, -0.15) is 0 Å². The van der Waals surface area contributed by atoms with E-state index in [0.717, 1.165) is 11.3 Å². The fraction of sp³-hybridized carbons (Fsp3) is 0.133. The van der Waals surface area contributed by atoms with Crippen LogP contribution in [0.2, 0.25) is 0 Å². The maximum atomic E-state index is 10.9. The van der Waals surface area contributed by atoms with Crippen molar-refractivity contribution in [3.05, 3.63) is 52.0 Å². The topological polar surface area (TPSA) is 65.0 Å². The van der Waals surface area contributed by atoms with Gasteiger partial charge in [-0.25, -0.2) is 4.79 Å². The van der Waals surface area contributed by atoms with Crippen molar-refractivity contribution < 1.29 is 24.1 Å². The van der Waals surface area contributed by atoms with Crippen LogP contribution >= 0.6 is 15.9 Å². The molecule has 2 aromatic carbocycles. The Morgan fingerprint density at radius 1 is 1.19 bits per heavy atom. The molecule has 0 radical (unpaired) electrons. The van der Waals surface area contributed by atoms with Crippen molar-refractivity contribution in [3.63, 3.8) is 0 Å². The van der Waals surface area contributed by atoms with E-state index in [-0.39, 0.29) is 12.4 Å². The first kappa shape index (κ1) is 13.8. The normalized spacial score (nSPS) is 12.2. The van der Waals surface area contributed by atoms with Crippen LogP contribution < -0.4 is 14.2 Å². The van der Waals surface area contributed by atoms with E-state index in [2.05, 4.69) is 15.9 Å². The fourth-order valence-corrected chi connectivity index (χ4v) is 2.44. The summed E-state index contributed by atoms with van der Waals surface area (Å²) in [6.45, 7) is 0.587. The number of ether oxygens (including phenoxy) is 3. The maximum absolute atomic E-state index is 10.9. The summed E-state index contributed by atoms with van der Waals surface area (Å²) in [5.41, 5.74) is 1.14. The fourth-order valence-electron chi connectivity index (χ4n) is 1.94. The van der Waals surface area contributed by atoms with Crippen molar-refractivity contribution in [1.82, 2.24) is 0 Å². The summed E-state index contributed by atoms with van der Waals surface area (Å²) < 4.78 is 16.8. The van der Waals surface area contributed by atoms with Gasteiger partial charge in [-0.15, -0.1) is 0 Å². The molecule has 1 aliphatic heterocycles. The van der Waals surface area contributed by atoms with Gasteiger partial charge in [0.25, 0.3) is 0 Å². The van der Waals surface area contributed by atoms with Crippen LogP contribution in [0, 0.1) is 0 Å². The molecule has 0 unspecified atom stereocenters. The van der Waals surface area contributed by atoms with Crippen LogP contribution in [0.1, 0.15) is 15.9 Å². The van der Waals surface area contributed by atoms with Gasteiger partial charge in [0.15, 0.2) is 11.5 Å². The highest BCUT2D eigenvalue weighted by Gasteiger charge is 2.13. The van der Waals surface area contributed by atoms with E-state index >= 15 is 0 Å². The van der Waals surface area contributed by atoms with Gasteiger partial charge in [0.2, 0.25) is 6.79 Å². The molecule has 0 amide bonds. The molecule has 5 nitrogen and oxygen atoms in total. The third kappa shape index (κ3) is 2.95. The Balaban J connectivity index is 1.71. The summed E-state index contributed by atoms with van der Waals surface area (Å²) in [5, 5.41) is 8.91. The summed E-state index contributed by atoms with van der Waals surface area (Å²) in [4.78, 5) is 10.9. The second-order valence-electron chi connectivity index (χ2n) is 4.43. The van der Waals surface area contributed by atoms with Gasteiger partial charge in [-0.05, 0) is 51.8 Å². The van der Waals surface area contributed by atoms with E-state index in [9.17, 15) is 4.79 Å². The summed E-state index contributed by atoms with van der Waals surface area (Å²) in [6, 6.07) is 10.2. The molecule has 0 saturated carbocycles. The van der Waals surface area contributed by atoms with Crippen LogP contribution in [0.4, 0.5) is 0 Å². The average molecular weight is 351 g/mol. The number of carbonyl (C=O) groups is 1. The Hall–Kier alpha value is -2.21. The Bertz CT molecular complexity index is 698. The number of hydrogen-bond acceptors (Lipinski definition) is 4. The van der Waals surface area contributed by atoms with Gasteiger partial charge in [-0.3, -0.25) is 0 Å². The molecule has 2 aromatic rings. The molecular weight excluding hydrogens is 340 g/mol. The number of benzene rings is 2. The standard InChI is InChI=1S/C15H11BrO5/c16-11-6-10(15(17)18)2-4-12(11)19-7-9-1-3-13-14(5-9)21-8-20-13/h1-6H,7-8H2,(H,17,18). The van der Waals surface area contributed by atoms with Crippen molar-refractivity contribution >= 4 is 21.9 Å². The Kier molecular flexibility index (Phi) is 3.70. The van der Waals surface area contributed by atoms with Gasteiger partial charge in [0.1, 0.15) is 12.4 Å². The van der Waals surface area contributed by atoms with Crippen molar-refractivity contribution in [2.45, 2.75) is 6.61 Å². The zero-order valence-corrected chi connectivity index (χ0v) is 12.4. The zero-order chi connectivity index (χ0) is 14.8. The van der Waals surface area contributed by atoms with Gasteiger partial charge in [-0.1, -0.05) is 6.07 Å².